The van der Waals surface area contributed by atoms with Gasteiger partial charge in [-0.1, -0.05) is 0 Å². The number of rotatable bonds is 6. The second-order valence-electron chi connectivity index (χ2n) is 8.16. The second kappa shape index (κ2) is 10.9. The Bertz CT molecular complexity index is 1220. The molecule has 0 aliphatic rings. The van der Waals surface area contributed by atoms with Gasteiger partial charge in [0, 0.05) is 24.8 Å². The zero-order valence-corrected chi connectivity index (χ0v) is 21.7. The van der Waals surface area contributed by atoms with E-state index in [9.17, 15) is 53.4 Å². The van der Waals surface area contributed by atoms with Crippen LogP contribution >= 0.6 is 0 Å². The van der Waals surface area contributed by atoms with Gasteiger partial charge in [0.25, 0.3) is 0 Å². The summed E-state index contributed by atoms with van der Waals surface area (Å²) in [5, 5.41) is 24.3. The van der Waals surface area contributed by atoms with Gasteiger partial charge in [-0.15, -0.1) is 0 Å². The summed E-state index contributed by atoms with van der Waals surface area (Å²) < 4.78 is 123. The van der Waals surface area contributed by atoms with Gasteiger partial charge in [-0.25, -0.2) is 47.0 Å². The van der Waals surface area contributed by atoms with E-state index < -0.39 is 65.7 Å². The molecule has 0 aromatic carbocycles. The van der Waals surface area contributed by atoms with E-state index in [0.717, 1.165) is 24.8 Å². The van der Waals surface area contributed by atoms with Crippen molar-refractivity contribution >= 4 is 20.0 Å². The summed E-state index contributed by atoms with van der Waals surface area (Å²) in [5.41, 5.74) is -6.63. The Kier molecular flexibility index (Phi) is 9.63. The minimum atomic E-state index is -5.30. The lowest BCUT2D eigenvalue weighted by Crippen LogP contribution is -2.55. The fourth-order valence-electron chi connectivity index (χ4n) is 2.73. The molecule has 0 spiro atoms. The lowest BCUT2D eigenvalue weighted by atomic mass is 9.98. The van der Waals surface area contributed by atoms with E-state index in [-0.39, 0.29) is 0 Å². The molecule has 0 radical (unpaired) electrons. The first-order chi connectivity index (χ1) is 16.8. The summed E-state index contributed by atoms with van der Waals surface area (Å²) >= 11 is 0. The van der Waals surface area contributed by atoms with E-state index in [0.29, 0.717) is 25.0 Å². The van der Waals surface area contributed by atoms with Crippen LogP contribution in [0.4, 0.5) is 26.3 Å². The molecule has 38 heavy (non-hydrogen) atoms. The molecule has 20 heteroatoms. The number of hydrogen-bond acceptors (Lipinski definition) is 10. The van der Waals surface area contributed by atoms with Crippen molar-refractivity contribution in [3.63, 3.8) is 0 Å². The summed E-state index contributed by atoms with van der Waals surface area (Å²) in [7, 11) is -9.30. The fourth-order valence-corrected chi connectivity index (χ4v) is 4.16. The molecule has 2 rings (SSSR count). The zero-order chi connectivity index (χ0) is 30.1. The van der Waals surface area contributed by atoms with Gasteiger partial charge in [-0.2, -0.15) is 26.3 Å². The average molecular weight is 599 g/mol. The number of nitrogens with zero attached hydrogens (tertiary/aromatic N) is 4. The second-order valence-corrected chi connectivity index (χ2v) is 11.9. The highest BCUT2D eigenvalue weighted by Gasteiger charge is 2.64. The molecular weight excluding hydrogens is 574 g/mol. The highest BCUT2D eigenvalue weighted by Crippen LogP contribution is 2.43. The van der Waals surface area contributed by atoms with E-state index >= 15 is 0 Å². The molecule has 2 heterocycles. The van der Waals surface area contributed by atoms with Crippen molar-refractivity contribution in [2.24, 2.45) is 10.3 Å². The molecule has 216 valence electrons. The fraction of sp³-hybridized carbons (Fsp3) is 0.556. The summed E-state index contributed by atoms with van der Waals surface area (Å²) in [6, 6.07) is 0. The van der Waals surface area contributed by atoms with Crippen LogP contribution in [0.15, 0.2) is 24.8 Å². The largest absolute Gasteiger partial charge is 0.425 e. The number of halogens is 6. The maximum absolute atomic E-state index is 13.0. The Morgan fingerprint density at radius 3 is 1.03 bits per heavy atom. The summed E-state index contributed by atoms with van der Waals surface area (Å²) in [4.78, 5) is 13.4. The Labute approximate surface area is 213 Å². The molecule has 2 aromatic heterocycles. The smallest absolute Gasteiger partial charge is 0.373 e. The molecule has 0 bridgehead atoms. The van der Waals surface area contributed by atoms with E-state index in [1.807, 2.05) is 0 Å². The summed E-state index contributed by atoms with van der Waals surface area (Å²) in [6.07, 6.45) is -6.45. The maximum Gasteiger partial charge on any atom is 0.425 e. The van der Waals surface area contributed by atoms with Gasteiger partial charge >= 0.3 is 12.4 Å². The van der Waals surface area contributed by atoms with Crippen LogP contribution in [0.25, 0.3) is 0 Å². The third kappa shape index (κ3) is 6.91. The van der Waals surface area contributed by atoms with Crippen LogP contribution in [0.2, 0.25) is 0 Å². The molecule has 0 amide bonds. The molecule has 2 aromatic rings. The molecule has 6 N–H and O–H groups in total. The Hall–Kier alpha value is -2.52. The van der Waals surface area contributed by atoms with E-state index in [1.165, 1.54) is 13.8 Å². The number of aryl methyl sites for hydroxylation is 2. The van der Waals surface area contributed by atoms with E-state index in [4.69, 9.17) is 0 Å². The molecule has 0 aliphatic carbocycles. The van der Waals surface area contributed by atoms with Gasteiger partial charge in [-0.3, -0.25) is 0 Å². The van der Waals surface area contributed by atoms with Crippen molar-refractivity contribution in [2.75, 3.05) is 0 Å². The Balaban J connectivity index is 0.000000380. The Morgan fingerprint density at radius 1 is 0.658 bits per heavy atom. The molecule has 0 saturated heterocycles. The number of aliphatic hydroxyl groups is 2. The first-order valence-corrected chi connectivity index (χ1v) is 13.2. The normalized spacial score (nSPS) is 17.8. The predicted molar refractivity (Wildman–Crippen MR) is 119 cm³/mol. The lowest BCUT2D eigenvalue weighted by Gasteiger charge is -2.32. The van der Waals surface area contributed by atoms with Crippen molar-refractivity contribution in [2.45, 2.75) is 61.7 Å². The highest BCUT2D eigenvalue weighted by molar-refractivity contribution is 7.90. The van der Waals surface area contributed by atoms with Gasteiger partial charge in [0.2, 0.25) is 31.2 Å². The minimum Gasteiger partial charge on any atom is -0.373 e. The van der Waals surface area contributed by atoms with Crippen molar-refractivity contribution in [1.82, 2.24) is 19.9 Å². The van der Waals surface area contributed by atoms with Gasteiger partial charge in [0.05, 0.1) is 0 Å². The molecule has 0 aliphatic heterocycles. The molecular formula is C18H24F6N6O6S2. The summed E-state index contributed by atoms with van der Waals surface area (Å²) in [6.45, 7) is 4.34. The van der Waals surface area contributed by atoms with Crippen LogP contribution in [0.5, 0.6) is 0 Å². The quantitative estimate of drug-likeness (QED) is 0.337. The zero-order valence-electron chi connectivity index (χ0n) is 20.0. The molecule has 4 atom stereocenters. The highest BCUT2D eigenvalue weighted by atomic mass is 32.2. The monoisotopic (exact) mass is 598 g/mol. The summed E-state index contributed by atoms with van der Waals surface area (Å²) in [5.74, 6) is -2.13. The van der Waals surface area contributed by atoms with Crippen molar-refractivity contribution in [3.8, 4) is 0 Å². The van der Waals surface area contributed by atoms with Gasteiger partial charge in [0.1, 0.15) is 10.5 Å². The number of sulfonamides is 2. The van der Waals surface area contributed by atoms with Crippen molar-refractivity contribution in [1.29, 1.82) is 0 Å². The lowest BCUT2D eigenvalue weighted by molar-refractivity contribution is -0.269. The Morgan fingerprint density at radius 2 is 0.868 bits per heavy atom. The SMILES string of the molecule is Cc1cnc([C@@](O)([C@H](C)S(N)(=O)=O)C(F)(F)F)nc1.Cc1cnc([C@](O)([C@H](C)S(N)(=O)=O)C(F)(F)F)nc1. The number of hydrogen-bond donors (Lipinski definition) is 4. The van der Waals surface area contributed by atoms with Crippen LogP contribution in [-0.2, 0) is 31.2 Å². The van der Waals surface area contributed by atoms with E-state index in [2.05, 4.69) is 30.2 Å². The average Bonchev–Trinajstić information content (AvgIpc) is 2.75. The minimum absolute atomic E-state index is 0.455. The standard InChI is InChI=1S/2C9H12F3N3O3S/c2*1-5-3-14-7(15-4-5)8(16,9(10,11)12)6(2)19(13,17)18/h2*3-4,6,16H,1-2H3,(H2,13,17,18)/t6-,8+;6-,8-/m00/s1. The predicted octanol–water partition coefficient (Wildman–Crippen LogP) is 0.424. The van der Waals surface area contributed by atoms with Crippen LogP contribution in [0.3, 0.4) is 0 Å². The van der Waals surface area contributed by atoms with Crippen molar-refractivity contribution in [3.05, 3.63) is 47.6 Å². The molecule has 0 unspecified atom stereocenters. The van der Waals surface area contributed by atoms with Gasteiger partial charge in [0.15, 0.2) is 11.6 Å². The van der Waals surface area contributed by atoms with Crippen LogP contribution < -0.4 is 10.3 Å². The first-order valence-electron chi connectivity index (χ1n) is 10.0. The van der Waals surface area contributed by atoms with E-state index in [1.54, 1.807) is 0 Å². The van der Waals surface area contributed by atoms with Crippen LogP contribution in [0, 0.1) is 13.8 Å². The molecule has 0 saturated carbocycles. The number of aromatic nitrogens is 4. The third-order valence-electron chi connectivity index (χ3n) is 5.27. The molecule has 0 fully saturated rings. The van der Waals surface area contributed by atoms with Gasteiger partial charge in [-0.05, 0) is 38.8 Å². The number of primary sulfonamides is 2. The molecule has 12 nitrogen and oxygen atoms in total. The van der Waals surface area contributed by atoms with Crippen LogP contribution in [-0.4, -0.2) is 69.8 Å². The van der Waals surface area contributed by atoms with Crippen LogP contribution in [0.1, 0.15) is 36.6 Å². The van der Waals surface area contributed by atoms with Gasteiger partial charge < -0.3 is 10.2 Å². The topological polar surface area (TPSA) is 212 Å². The third-order valence-corrected chi connectivity index (χ3v) is 7.92. The number of nitrogens with two attached hydrogens (primary N) is 2. The number of alkyl halides is 6. The van der Waals surface area contributed by atoms with Crippen molar-refractivity contribution < 1.29 is 53.4 Å². The first kappa shape index (κ1) is 33.5. The maximum atomic E-state index is 13.0.